The van der Waals surface area contributed by atoms with Crippen molar-refractivity contribution in [3.8, 4) is 0 Å². The van der Waals surface area contributed by atoms with E-state index in [1.807, 2.05) is 0 Å². The third kappa shape index (κ3) is 3.85. The summed E-state index contributed by atoms with van der Waals surface area (Å²) in [5.41, 5.74) is -0.250. The van der Waals surface area contributed by atoms with Crippen LogP contribution in [0.4, 0.5) is 13.2 Å². The highest BCUT2D eigenvalue weighted by atomic mass is 19.4. The normalized spacial score (nSPS) is 12.9. The molecule has 118 valence electrons. The average Bonchev–Trinajstić information content (AvgIpc) is 3.00. The van der Waals surface area contributed by atoms with Crippen LogP contribution in [0.5, 0.6) is 0 Å². The maximum Gasteiger partial charge on any atom is 0.416 e. The number of aromatic nitrogens is 2. The van der Waals surface area contributed by atoms with E-state index in [1.54, 1.807) is 0 Å². The highest BCUT2D eigenvalue weighted by Gasteiger charge is 2.31. The topological polar surface area (TPSA) is 67.0 Å². The number of H-pyrrole nitrogens is 1. The Morgan fingerprint density at radius 2 is 2.18 bits per heavy atom. The van der Waals surface area contributed by atoms with Crippen molar-refractivity contribution in [2.75, 3.05) is 13.7 Å². The van der Waals surface area contributed by atoms with Crippen LogP contribution in [0.15, 0.2) is 36.5 Å². The third-order valence-corrected chi connectivity index (χ3v) is 3.00. The van der Waals surface area contributed by atoms with Crippen LogP contribution in [-0.4, -0.2) is 29.8 Å². The van der Waals surface area contributed by atoms with E-state index in [1.165, 1.54) is 31.5 Å². The van der Waals surface area contributed by atoms with Gasteiger partial charge in [-0.1, -0.05) is 12.1 Å². The number of nitrogens with zero attached hydrogens (tertiary/aromatic N) is 1. The van der Waals surface area contributed by atoms with Gasteiger partial charge in [0.2, 0.25) is 0 Å². The van der Waals surface area contributed by atoms with Crippen LogP contribution in [-0.2, 0) is 10.9 Å². The molecule has 0 fully saturated rings. The van der Waals surface area contributed by atoms with Crippen molar-refractivity contribution < 1.29 is 22.7 Å². The molecule has 0 aliphatic heterocycles. The number of hydrogen-bond donors (Lipinski definition) is 2. The largest absolute Gasteiger partial charge is 0.416 e. The number of carbonyl (C=O) groups excluding carboxylic acids is 1. The van der Waals surface area contributed by atoms with E-state index >= 15 is 0 Å². The summed E-state index contributed by atoms with van der Waals surface area (Å²) in [6, 6.07) is 5.53. The summed E-state index contributed by atoms with van der Waals surface area (Å²) in [5, 5.41) is 8.75. The number of alkyl halides is 3. The molecule has 0 aliphatic carbocycles. The Morgan fingerprint density at radius 1 is 1.41 bits per heavy atom. The summed E-state index contributed by atoms with van der Waals surface area (Å²) in [6.07, 6.45) is -3.04. The van der Waals surface area contributed by atoms with Crippen molar-refractivity contribution in [2.24, 2.45) is 0 Å². The molecular formula is C14H14F3N3O2. The Morgan fingerprint density at radius 3 is 2.77 bits per heavy atom. The van der Waals surface area contributed by atoms with Crippen LogP contribution in [0.25, 0.3) is 0 Å². The molecule has 1 aromatic carbocycles. The first-order chi connectivity index (χ1) is 10.4. The third-order valence-electron chi connectivity index (χ3n) is 3.00. The number of methoxy groups -OCH3 is 1. The fraction of sp³-hybridized carbons (Fsp3) is 0.286. The molecule has 1 heterocycles. The van der Waals surface area contributed by atoms with Gasteiger partial charge in [0, 0.05) is 13.3 Å². The van der Waals surface area contributed by atoms with Crippen molar-refractivity contribution in [2.45, 2.75) is 12.2 Å². The molecule has 0 spiro atoms. The lowest BCUT2D eigenvalue weighted by molar-refractivity contribution is -0.137. The number of hydrogen-bond acceptors (Lipinski definition) is 3. The molecule has 0 radical (unpaired) electrons. The van der Waals surface area contributed by atoms with E-state index in [9.17, 15) is 18.0 Å². The number of rotatable bonds is 5. The minimum Gasteiger partial charge on any atom is -0.382 e. The van der Waals surface area contributed by atoms with Gasteiger partial charge in [0.15, 0.2) is 0 Å². The minimum atomic E-state index is -4.44. The molecule has 0 bridgehead atoms. The van der Waals surface area contributed by atoms with E-state index in [-0.39, 0.29) is 12.3 Å². The predicted molar refractivity (Wildman–Crippen MR) is 72.1 cm³/mol. The highest BCUT2D eigenvalue weighted by molar-refractivity contribution is 5.92. The van der Waals surface area contributed by atoms with Gasteiger partial charge in [-0.2, -0.15) is 18.3 Å². The van der Waals surface area contributed by atoms with Gasteiger partial charge in [0.25, 0.3) is 5.91 Å². The summed E-state index contributed by atoms with van der Waals surface area (Å²) in [6.45, 7) is 0.0428. The van der Waals surface area contributed by atoms with Crippen molar-refractivity contribution in [3.63, 3.8) is 0 Å². The molecule has 2 aromatic rings. The summed E-state index contributed by atoms with van der Waals surface area (Å²) in [4.78, 5) is 12.0. The second kappa shape index (κ2) is 6.61. The van der Waals surface area contributed by atoms with Gasteiger partial charge in [0.1, 0.15) is 5.69 Å². The standard InChI is InChI=1S/C14H14F3N3O2/c1-22-8-12(19-13(21)11-5-6-18-20-11)9-3-2-4-10(7-9)14(15,16)17/h2-7,12H,8H2,1H3,(H,18,20)(H,19,21)/t12-/m0/s1. The van der Waals surface area contributed by atoms with Crippen LogP contribution >= 0.6 is 0 Å². The van der Waals surface area contributed by atoms with E-state index in [0.717, 1.165) is 12.1 Å². The Kier molecular flexibility index (Phi) is 4.81. The quantitative estimate of drug-likeness (QED) is 0.891. The van der Waals surface area contributed by atoms with Gasteiger partial charge in [0.05, 0.1) is 18.2 Å². The Bertz CT molecular complexity index is 627. The van der Waals surface area contributed by atoms with Gasteiger partial charge in [-0.05, 0) is 23.8 Å². The smallest absolute Gasteiger partial charge is 0.382 e. The fourth-order valence-electron chi connectivity index (χ4n) is 1.94. The van der Waals surface area contributed by atoms with Crippen molar-refractivity contribution in [1.29, 1.82) is 0 Å². The lowest BCUT2D eigenvalue weighted by Gasteiger charge is -2.19. The second-order valence-corrected chi connectivity index (χ2v) is 4.57. The number of amides is 1. The molecular weight excluding hydrogens is 299 g/mol. The average molecular weight is 313 g/mol. The van der Waals surface area contributed by atoms with Crippen LogP contribution in [0.1, 0.15) is 27.7 Å². The Balaban J connectivity index is 2.22. The van der Waals surface area contributed by atoms with Gasteiger partial charge in [-0.25, -0.2) is 0 Å². The number of benzene rings is 1. The zero-order valence-corrected chi connectivity index (χ0v) is 11.6. The first kappa shape index (κ1) is 16.0. The molecule has 0 saturated carbocycles. The molecule has 22 heavy (non-hydrogen) atoms. The molecule has 8 heteroatoms. The maximum absolute atomic E-state index is 12.8. The second-order valence-electron chi connectivity index (χ2n) is 4.57. The van der Waals surface area contributed by atoms with E-state index in [4.69, 9.17) is 4.74 Å². The van der Waals surface area contributed by atoms with Crippen molar-refractivity contribution >= 4 is 5.91 Å². The zero-order valence-electron chi connectivity index (χ0n) is 11.6. The molecule has 0 aliphatic rings. The molecule has 1 atom stereocenters. The molecule has 0 saturated heterocycles. The summed E-state index contributed by atoms with van der Waals surface area (Å²) in [7, 11) is 1.41. The van der Waals surface area contributed by atoms with Gasteiger partial charge in [-0.15, -0.1) is 0 Å². The summed E-state index contributed by atoms with van der Waals surface area (Å²) in [5.74, 6) is -0.475. The fourth-order valence-corrected chi connectivity index (χ4v) is 1.94. The lowest BCUT2D eigenvalue weighted by atomic mass is 10.0. The number of halogens is 3. The molecule has 0 unspecified atom stereocenters. The molecule has 2 rings (SSSR count). The molecule has 2 N–H and O–H groups in total. The summed E-state index contributed by atoms with van der Waals surface area (Å²) >= 11 is 0. The minimum absolute atomic E-state index is 0.0428. The molecule has 5 nitrogen and oxygen atoms in total. The zero-order chi connectivity index (χ0) is 16.2. The monoisotopic (exact) mass is 313 g/mol. The maximum atomic E-state index is 12.8. The van der Waals surface area contributed by atoms with E-state index < -0.39 is 23.7 Å². The highest BCUT2D eigenvalue weighted by Crippen LogP contribution is 2.30. The predicted octanol–water partition coefficient (Wildman–Crippen LogP) is 2.55. The lowest BCUT2D eigenvalue weighted by Crippen LogP contribution is -2.31. The van der Waals surface area contributed by atoms with Crippen molar-refractivity contribution in [3.05, 3.63) is 53.3 Å². The van der Waals surface area contributed by atoms with Crippen LogP contribution in [0.2, 0.25) is 0 Å². The van der Waals surface area contributed by atoms with Crippen LogP contribution < -0.4 is 5.32 Å². The first-order valence-electron chi connectivity index (χ1n) is 6.38. The number of nitrogens with one attached hydrogen (secondary N) is 2. The van der Waals surface area contributed by atoms with Crippen LogP contribution in [0.3, 0.4) is 0 Å². The van der Waals surface area contributed by atoms with Gasteiger partial charge in [-0.3, -0.25) is 9.89 Å². The number of aromatic amines is 1. The Labute approximate surface area is 124 Å². The summed E-state index contributed by atoms with van der Waals surface area (Å²) < 4.78 is 43.3. The van der Waals surface area contributed by atoms with E-state index in [0.29, 0.717) is 5.56 Å². The molecule has 1 aromatic heterocycles. The molecule has 1 amide bonds. The van der Waals surface area contributed by atoms with Crippen LogP contribution in [0, 0.1) is 0 Å². The van der Waals surface area contributed by atoms with Gasteiger partial charge >= 0.3 is 6.18 Å². The SMILES string of the molecule is COC[C@H](NC(=O)c1ccn[nH]1)c1cccc(C(F)(F)F)c1. The number of ether oxygens (including phenoxy) is 1. The first-order valence-corrected chi connectivity index (χ1v) is 6.38. The van der Waals surface area contributed by atoms with Gasteiger partial charge < -0.3 is 10.1 Å². The number of carbonyl (C=O) groups is 1. The Hall–Kier alpha value is -2.35. The van der Waals surface area contributed by atoms with E-state index in [2.05, 4.69) is 15.5 Å². The van der Waals surface area contributed by atoms with Crippen molar-refractivity contribution in [1.82, 2.24) is 15.5 Å².